The topological polar surface area (TPSA) is 94.8 Å². The Balaban J connectivity index is -0.0000000300. The Morgan fingerprint density at radius 3 is 2.10 bits per heavy atom. The van der Waals surface area contributed by atoms with Crippen LogP contribution in [0.3, 0.4) is 0 Å². The van der Waals surface area contributed by atoms with Gasteiger partial charge in [-0.05, 0) is 0 Å². The van der Waals surface area contributed by atoms with Crippen molar-refractivity contribution >= 4 is 18.6 Å². The third-order valence-electron chi connectivity index (χ3n) is 0.514. The first-order valence-electron chi connectivity index (χ1n) is 1.77. The van der Waals surface area contributed by atoms with Gasteiger partial charge in [0, 0.05) is 25.2 Å². The first-order chi connectivity index (χ1) is 3.18. The molecule has 1 atom stereocenters. The molecule has 0 fully saturated rings. The van der Waals surface area contributed by atoms with Crippen molar-refractivity contribution in [1.29, 1.82) is 0 Å². The summed E-state index contributed by atoms with van der Waals surface area (Å²) in [7, 11) is 0. The van der Waals surface area contributed by atoms with Gasteiger partial charge in [0.25, 0.3) is 0 Å². The quantitative estimate of drug-likeness (QED) is 0.329. The van der Waals surface area contributed by atoms with E-state index in [0.717, 1.165) is 0 Å². The first-order valence-corrected chi connectivity index (χ1v) is 2.41. The van der Waals surface area contributed by atoms with Crippen molar-refractivity contribution in [2.45, 2.75) is 6.04 Å². The van der Waals surface area contributed by atoms with Crippen LogP contribution in [-0.4, -0.2) is 28.3 Å². The molecule has 0 amide bonds. The second-order valence-corrected chi connectivity index (χ2v) is 1.49. The fourth-order valence-electron chi connectivity index (χ4n) is 0.0781. The summed E-state index contributed by atoms with van der Waals surface area (Å²) in [6, 6.07) is -0.816. The third kappa shape index (κ3) is 12.1. The number of carboxylic acid groups (broad SMARTS) is 1. The standard InChI is InChI=1S/C3H7NO2S.Na.H2O.Zn.H/c4-2(1-7)3(5)6;;;;/h2,7H,1,4H2,(H,5,6);;1H2;;/q;+1;;;-1/t2-;;;;/m0..../s1. The molecule has 0 aliphatic rings. The number of nitrogens with two attached hydrogens (primary N) is 1. The van der Waals surface area contributed by atoms with Gasteiger partial charge in [0.05, 0.1) is 0 Å². The molecule has 0 aromatic carbocycles. The second-order valence-electron chi connectivity index (χ2n) is 1.13. The zero-order chi connectivity index (χ0) is 5.86. The molecule has 10 heavy (non-hydrogen) atoms. The van der Waals surface area contributed by atoms with Crippen molar-refractivity contribution in [2.75, 3.05) is 5.75 Å². The van der Waals surface area contributed by atoms with E-state index in [2.05, 4.69) is 12.6 Å². The molecule has 0 aliphatic heterocycles. The van der Waals surface area contributed by atoms with Crippen molar-refractivity contribution < 1.29 is 65.8 Å². The van der Waals surface area contributed by atoms with Gasteiger partial charge in [-0.25, -0.2) is 0 Å². The van der Waals surface area contributed by atoms with Gasteiger partial charge in [0.15, 0.2) is 0 Å². The molecule has 0 saturated heterocycles. The van der Waals surface area contributed by atoms with E-state index in [1.165, 1.54) is 0 Å². The second kappa shape index (κ2) is 13.0. The van der Waals surface area contributed by atoms with Gasteiger partial charge in [-0.3, -0.25) is 4.79 Å². The molecule has 7 heteroatoms. The van der Waals surface area contributed by atoms with Crippen LogP contribution in [0.1, 0.15) is 1.43 Å². The zero-order valence-electron chi connectivity index (χ0n) is 6.87. The third-order valence-corrected chi connectivity index (χ3v) is 0.907. The Morgan fingerprint density at radius 1 is 1.80 bits per heavy atom. The summed E-state index contributed by atoms with van der Waals surface area (Å²) in [6.07, 6.45) is 0. The van der Waals surface area contributed by atoms with Crippen LogP contribution in [0.2, 0.25) is 0 Å². The van der Waals surface area contributed by atoms with E-state index in [0.29, 0.717) is 0 Å². The summed E-state index contributed by atoms with van der Waals surface area (Å²) in [5, 5.41) is 8.01. The van der Waals surface area contributed by atoms with Crippen LogP contribution in [0, 0.1) is 0 Å². The molecule has 0 radical (unpaired) electrons. The predicted molar refractivity (Wildman–Crippen MR) is 34.2 cm³/mol. The van der Waals surface area contributed by atoms with E-state index in [4.69, 9.17) is 10.8 Å². The molecule has 0 unspecified atom stereocenters. The minimum atomic E-state index is -1.00. The molecule has 0 aliphatic carbocycles. The molecule has 5 N–H and O–H groups in total. The van der Waals surface area contributed by atoms with E-state index in [1.807, 2.05) is 0 Å². The van der Waals surface area contributed by atoms with Gasteiger partial charge in [0.2, 0.25) is 0 Å². The largest absolute Gasteiger partial charge is 1.00 e. The molecule has 0 spiro atoms. The number of rotatable bonds is 2. The molecular weight excluding hydrogens is 218 g/mol. The van der Waals surface area contributed by atoms with E-state index < -0.39 is 12.0 Å². The van der Waals surface area contributed by atoms with Crippen molar-refractivity contribution in [2.24, 2.45) is 5.73 Å². The minimum Gasteiger partial charge on any atom is -1.00 e. The van der Waals surface area contributed by atoms with Gasteiger partial charge >= 0.3 is 35.5 Å². The Kier molecular flexibility index (Phi) is 29.2. The average molecular weight is 229 g/mol. The van der Waals surface area contributed by atoms with Crippen LogP contribution in [0.15, 0.2) is 0 Å². The Labute approximate surface area is 101 Å². The maximum atomic E-state index is 9.76. The summed E-state index contributed by atoms with van der Waals surface area (Å²) in [4.78, 5) is 9.76. The molecule has 0 aromatic heterocycles. The van der Waals surface area contributed by atoms with Crippen molar-refractivity contribution in [1.82, 2.24) is 0 Å². The fourth-order valence-corrected chi connectivity index (χ4v) is 0.234. The summed E-state index contributed by atoms with van der Waals surface area (Å²) in [5.74, 6) is -0.815. The molecule has 0 bridgehead atoms. The Morgan fingerprint density at radius 2 is 2.10 bits per heavy atom. The van der Waals surface area contributed by atoms with Gasteiger partial charge < -0.3 is 17.7 Å². The number of hydrogen-bond acceptors (Lipinski definition) is 3. The molecule has 54 valence electrons. The number of carbonyl (C=O) groups is 1. The van der Waals surface area contributed by atoms with Crippen LogP contribution in [-0.2, 0) is 24.3 Å². The van der Waals surface area contributed by atoms with E-state index in [-0.39, 0.29) is 61.7 Å². The van der Waals surface area contributed by atoms with Crippen molar-refractivity contribution in [3.8, 4) is 0 Å². The minimum absolute atomic E-state index is 0. The van der Waals surface area contributed by atoms with Gasteiger partial charge in [-0.2, -0.15) is 12.6 Å². The van der Waals surface area contributed by atoms with E-state index >= 15 is 0 Å². The van der Waals surface area contributed by atoms with Crippen LogP contribution in [0.25, 0.3) is 0 Å². The maximum Gasteiger partial charge on any atom is 1.00 e. The number of hydrogen-bond donors (Lipinski definition) is 3. The van der Waals surface area contributed by atoms with Gasteiger partial charge in [0.1, 0.15) is 6.04 Å². The van der Waals surface area contributed by atoms with Crippen LogP contribution in [0.4, 0.5) is 0 Å². The van der Waals surface area contributed by atoms with E-state index in [1.54, 1.807) is 0 Å². The normalized spacial score (nSPS) is 9.40. The fraction of sp³-hybridized carbons (Fsp3) is 0.667. The van der Waals surface area contributed by atoms with Crippen molar-refractivity contribution in [3.05, 3.63) is 0 Å². The summed E-state index contributed by atoms with van der Waals surface area (Å²) in [5.41, 5.74) is 4.94. The summed E-state index contributed by atoms with van der Waals surface area (Å²) >= 11 is 3.65. The summed E-state index contributed by atoms with van der Waals surface area (Å²) in [6.45, 7) is 0. The molecular formula is C3H10NNaO3SZn. The van der Waals surface area contributed by atoms with Crippen molar-refractivity contribution in [3.63, 3.8) is 0 Å². The smallest absolute Gasteiger partial charge is 1.00 e. The average Bonchev–Trinajstić information content (AvgIpc) is 1.65. The SMILES string of the molecule is N[C@@H](CS)C(=O)O.O.[H-].[Na+].[Zn]. The Hall–Kier alpha value is 1.36. The zero-order valence-corrected chi connectivity index (χ0v) is 11.7. The van der Waals surface area contributed by atoms with Gasteiger partial charge in [-0.15, -0.1) is 0 Å². The number of aliphatic carboxylic acids is 1. The molecule has 0 saturated carbocycles. The van der Waals surface area contributed by atoms with Crippen LogP contribution in [0.5, 0.6) is 0 Å². The van der Waals surface area contributed by atoms with Gasteiger partial charge in [-0.1, -0.05) is 0 Å². The number of carboxylic acids is 1. The number of thiol groups is 1. The van der Waals surface area contributed by atoms with Crippen LogP contribution >= 0.6 is 12.6 Å². The predicted octanol–water partition coefficient (Wildman–Crippen LogP) is -4.38. The Bertz CT molecular complexity index is 91.0. The maximum absolute atomic E-state index is 9.76. The van der Waals surface area contributed by atoms with Crippen LogP contribution < -0.4 is 35.3 Å². The molecule has 4 nitrogen and oxygen atoms in total. The molecule has 0 rings (SSSR count). The monoisotopic (exact) mass is 227 g/mol. The first kappa shape index (κ1) is 22.5. The summed E-state index contributed by atoms with van der Waals surface area (Å²) < 4.78 is 0. The molecule has 0 heterocycles. The molecule has 0 aromatic rings. The van der Waals surface area contributed by atoms with E-state index in [9.17, 15) is 4.79 Å².